The number of halogens is 6. The van der Waals surface area contributed by atoms with Crippen LogP contribution in [0.3, 0.4) is 0 Å². The van der Waals surface area contributed by atoms with Crippen LogP contribution in [0.25, 0.3) is 11.1 Å². The van der Waals surface area contributed by atoms with Gasteiger partial charge in [0.1, 0.15) is 11.5 Å². The molecule has 0 heterocycles. The minimum Gasteiger partial charge on any atom is -0.496 e. The molecule has 6 aromatic carbocycles. The fourth-order valence-electron chi connectivity index (χ4n) is 6.27. The Morgan fingerprint density at radius 2 is 0.782 bits per heavy atom. The van der Waals surface area contributed by atoms with Gasteiger partial charge in [-0.3, -0.25) is 0 Å². The van der Waals surface area contributed by atoms with Gasteiger partial charge in [-0.05, 0) is 82.5 Å². The first-order valence-electron chi connectivity index (χ1n) is 16.9. The Labute approximate surface area is 314 Å². The molecule has 0 saturated heterocycles. The third-order valence-electron chi connectivity index (χ3n) is 8.89. The lowest BCUT2D eigenvalue weighted by atomic mass is 9.71. The van der Waals surface area contributed by atoms with Crippen LogP contribution >= 0.6 is 0 Å². The molecule has 6 aromatic rings. The number of hydrogen-bond donors (Lipinski definition) is 0. The lowest BCUT2D eigenvalue weighted by Gasteiger charge is -2.39. The van der Waals surface area contributed by atoms with Crippen molar-refractivity contribution in [3.63, 3.8) is 0 Å². The van der Waals surface area contributed by atoms with E-state index >= 15 is 26.3 Å². The number of nitrogens with zero attached hydrogens (tertiary/aromatic N) is 2. The summed E-state index contributed by atoms with van der Waals surface area (Å²) >= 11 is 0. The predicted octanol–water partition coefficient (Wildman–Crippen LogP) is 12.0. The molecule has 0 amide bonds. The van der Waals surface area contributed by atoms with Crippen molar-refractivity contribution in [2.75, 3.05) is 14.2 Å². The third kappa shape index (κ3) is 7.87. The van der Waals surface area contributed by atoms with Gasteiger partial charge < -0.3 is 9.47 Å². The Morgan fingerprint density at radius 1 is 0.455 bits per heavy atom. The zero-order chi connectivity index (χ0) is 39.1. The van der Waals surface area contributed by atoms with Crippen LogP contribution in [0.1, 0.15) is 33.4 Å². The zero-order valence-electron chi connectivity index (χ0n) is 29.5. The third-order valence-corrected chi connectivity index (χ3v) is 8.89. The maximum absolute atomic E-state index is 15.8. The summed E-state index contributed by atoms with van der Waals surface area (Å²) in [5.74, 6) is 5.79. The number of alkyl halides is 6. The van der Waals surface area contributed by atoms with Crippen LogP contribution < -0.4 is 9.47 Å². The number of aliphatic imine (C=N–C) groups is 2. The van der Waals surface area contributed by atoms with Crippen LogP contribution in [-0.4, -0.2) is 38.3 Å². The lowest BCUT2D eigenvalue weighted by Crippen LogP contribution is -2.54. The van der Waals surface area contributed by atoms with Crippen LogP contribution in [0.2, 0.25) is 0 Å². The number of para-hydroxylation sites is 2. The molecule has 0 N–H and O–H groups in total. The van der Waals surface area contributed by atoms with Gasteiger partial charge in [-0.1, -0.05) is 109 Å². The molecule has 0 spiro atoms. The van der Waals surface area contributed by atoms with E-state index in [2.05, 4.69) is 21.7 Å². The minimum absolute atomic E-state index is 0.0125. The molecule has 0 bridgehead atoms. The van der Waals surface area contributed by atoms with Gasteiger partial charge >= 0.3 is 12.4 Å². The highest BCUT2D eigenvalue weighted by atomic mass is 19.4. The second kappa shape index (κ2) is 16.2. The fraction of sp³-hybridized carbons (Fsp3) is 0.111. The minimum atomic E-state index is -5.91. The monoisotopic (exact) mass is 746 g/mol. The number of ether oxygens (including phenoxy) is 2. The Morgan fingerprint density at radius 3 is 1.09 bits per heavy atom. The quantitative estimate of drug-likeness (QED) is 0.103. The van der Waals surface area contributed by atoms with Crippen molar-refractivity contribution in [1.29, 1.82) is 0 Å². The molecule has 0 fully saturated rings. The van der Waals surface area contributed by atoms with E-state index < -0.39 is 28.9 Å². The van der Waals surface area contributed by atoms with E-state index in [9.17, 15) is 0 Å². The van der Waals surface area contributed by atoms with Crippen LogP contribution in [0, 0.1) is 0 Å². The first-order valence-corrected chi connectivity index (χ1v) is 16.9. The van der Waals surface area contributed by atoms with Gasteiger partial charge in [-0.2, -0.15) is 26.3 Å². The van der Waals surface area contributed by atoms with Gasteiger partial charge in [0.25, 0.3) is 0 Å². The Kier molecular flexibility index (Phi) is 11.2. The normalized spacial score (nSPS) is 11.5. The van der Waals surface area contributed by atoms with Gasteiger partial charge in [0.2, 0.25) is 5.41 Å². The number of hydrogen-bond acceptors (Lipinski definition) is 4. The summed E-state index contributed by atoms with van der Waals surface area (Å²) < 4.78 is 106. The predicted molar refractivity (Wildman–Crippen MR) is 204 cm³/mol. The van der Waals surface area contributed by atoms with Gasteiger partial charge in [0, 0.05) is 11.1 Å². The maximum Gasteiger partial charge on any atom is 0.411 e. The molecule has 55 heavy (non-hydrogen) atoms. The molecule has 0 aliphatic heterocycles. The van der Waals surface area contributed by atoms with Gasteiger partial charge in [0.15, 0.2) is 0 Å². The summed E-state index contributed by atoms with van der Waals surface area (Å²) in [6, 6.07) is 39.5. The van der Waals surface area contributed by atoms with Crippen molar-refractivity contribution >= 4 is 34.3 Å². The van der Waals surface area contributed by atoms with Crippen LogP contribution in [-0.2, 0) is 5.41 Å². The van der Waals surface area contributed by atoms with Gasteiger partial charge in [0.05, 0.1) is 36.7 Å². The van der Waals surface area contributed by atoms with E-state index in [1.165, 1.54) is 14.2 Å². The molecule has 6 rings (SSSR count). The average molecular weight is 747 g/mol. The summed E-state index contributed by atoms with van der Waals surface area (Å²) in [7, 11) is 2.56. The first-order chi connectivity index (χ1) is 26.5. The average Bonchev–Trinajstić information content (AvgIpc) is 3.19. The van der Waals surface area contributed by atoms with E-state index in [1.807, 2.05) is 0 Å². The smallest absolute Gasteiger partial charge is 0.411 e. The molecule has 0 aliphatic rings. The SMILES string of the molecule is COc1ccc(C(c2ccc(OC)c(C(=C=Nc3ccccc3)c3ccccc3)c2)(C(F)(F)F)C(F)(F)F)cc1C(=C=Nc1ccccc1)c1ccccc1. The fourth-order valence-corrected chi connectivity index (χ4v) is 6.27. The van der Waals surface area contributed by atoms with Crippen molar-refractivity contribution in [3.05, 3.63) is 191 Å². The van der Waals surface area contributed by atoms with Gasteiger partial charge in [-0.15, -0.1) is 0 Å². The lowest BCUT2D eigenvalue weighted by molar-refractivity contribution is -0.288. The summed E-state index contributed by atoms with van der Waals surface area (Å²) in [6.07, 6.45) is -11.8. The Bertz CT molecular complexity index is 2210. The molecule has 0 saturated carbocycles. The highest BCUT2D eigenvalue weighted by Crippen LogP contribution is 2.57. The zero-order valence-corrected chi connectivity index (χ0v) is 29.5. The molecule has 0 aromatic heterocycles. The molecule has 10 heteroatoms. The Balaban J connectivity index is 1.67. The summed E-state index contributed by atoms with van der Waals surface area (Å²) in [4.78, 5) is 8.76. The first kappa shape index (κ1) is 38.1. The van der Waals surface area contributed by atoms with E-state index in [1.54, 1.807) is 121 Å². The molecular weight excluding hydrogens is 714 g/mol. The molecule has 276 valence electrons. The maximum atomic E-state index is 15.8. The highest BCUT2D eigenvalue weighted by Gasteiger charge is 2.72. The van der Waals surface area contributed by atoms with Crippen molar-refractivity contribution in [3.8, 4) is 11.5 Å². The molecular formula is C45H32F6N2O2. The second-order valence-corrected chi connectivity index (χ2v) is 12.2. The Hall–Kier alpha value is -6.60. The van der Waals surface area contributed by atoms with Crippen molar-refractivity contribution < 1.29 is 35.8 Å². The van der Waals surface area contributed by atoms with Crippen molar-refractivity contribution in [1.82, 2.24) is 0 Å². The molecule has 0 aliphatic carbocycles. The molecule has 0 atom stereocenters. The van der Waals surface area contributed by atoms with E-state index in [0.717, 1.165) is 36.4 Å². The molecule has 0 unspecified atom stereocenters. The van der Waals surface area contributed by atoms with Crippen LogP contribution in [0.5, 0.6) is 11.5 Å². The summed E-state index contributed by atoms with van der Waals surface area (Å²) in [5, 5.41) is 0. The molecule has 4 nitrogen and oxygen atoms in total. The van der Waals surface area contributed by atoms with Crippen molar-refractivity contribution in [2.24, 2.45) is 9.98 Å². The number of methoxy groups -OCH3 is 2. The second-order valence-electron chi connectivity index (χ2n) is 12.2. The summed E-state index contributed by atoms with van der Waals surface area (Å²) in [6.45, 7) is 0. The van der Waals surface area contributed by atoms with Crippen LogP contribution in [0.4, 0.5) is 37.7 Å². The highest BCUT2D eigenvalue weighted by molar-refractivity contribution is 6.02. The summed E-state index contributed by atoms with van der Waals surface area (Å²) in [5.41, 5.74) is -4.88. The largest absolute Gasteiger partial charge is 0.496 e. The number of rotatable bonds is 10. The van der Waals surface area contributed by atoms with E-state index in [-0.39, 0.29) is 33.8 Å². The number of benzene rings is 6. The van der Waals surface area contributed by atoms with E-state index in [0.29, 0.717) is 22.5 Å². The topological polar surface area (TPSA) is 43.2 Å². The standard InChI is InChI=1S/C45H32F6N2O2/c1-54-41-25-23-33(27-37(41)39(31-15-7-3-8-16-31)29-52-35-19-11-5-12-20-35)43(44(46,47)48,45(49,50)51)34-24-26-42(55-2)38(28-34)40(32-17-9-4-10-18-32)30-53-36-21-13-6-14-22-36/h3-28H,1-2H3. The van der Waals surface area contributed by atoms with E-state index in [4.69, 9.17) is 9.47 Å². The van der Waals surface area contributed by atoms with Crippen LogP contribution in [0.15, 0.2) is 168 Å². The van der Waals surface area contributed by atoms with Gasteiger partial charge in [-0.25, -0.2) is 9.98 Å². The molecule has 0 radical (unpaired) electrons. The van der Waals surface area contributed by atoms with Crippen molar-refractivity contribution in [2.45, 2.75) is 17.8 Å².